The molecule has 6 heteroatoms. The Labute approximate surface area is 162 Å². The summed E-state index contributed by atoms with van der Waals surface area (Å²) in [5, 5.41) is 3.20. The summed E-state index contributed by atoms with van der Waals surface area (Å²) in [5.74, 6) is -0.159. The van der Waals surface area contributed by atoms with Crippen LogP contribution in [0.2, 0.25) is 0 Å². The van der Waals surface area contributed by atoms with E-state index in [-0.39, 0.29) is 11.3 Å². The van der Waals surface area contributed by atoms with Crippen molar-refractivity contribution >= 4 is 15.7 Å². The van der Waals surface area contributed by atoms with Crippen LogP contribution in [-0.2, 0) is 26.5 Å². The van der Waals surface area contributed by atoms with E-state index in [2.05, 4.69) is 29.6 Å². The van der Waals surface area contributed by atoms with Gasteiger partial charge in [0.15, 0.2) is 14.6 Å². The first-order valence-corrected chi connectivity index (χ1v) is 12.1. The van der Waals surface area contributed by atoms with Gasteiger partial charge in [0, 0.05) is 24.8 Å². The van der Waals surface area contributed by atoms with Crippen molar-refractivity contribution in [2.75, 3.05) is 32.4 Å². The summed E-state index contributed by atoms with van der Waals surface area (Å²) >= 11 is 0. The molecule has 27 heavy (non-hydrogen) atoms. The van der Waals surface area contributed by atoms with Crippen LogP contribution in [0.4, 0.5) is 0 Å². The largest absolute Gasteiger partial charge is 0.340 e. The summed E-state index contributed by atoms with van der Waals surface area (Å²) in [5.41, 5.74) is 2.78. The minimum atomic E-state index is -3.47. The Morgan fingerprint density at radius 3 is 2.52 bits per heavy atom. The fraction of sp³-hybridized carbons (Fsp3) is 0.667. The molecule has 0 bridgehead atoms. The van der Waals surface area contributed by atoms with Crippen molar-refractivity contribution < 1.29 is 13.2 Å². The molecule has 1 amide bonds. The van der Waals surface area contributed by atoms with E-state index in [0.29, 0.717) is 39.0 Å². The van der Waals surface area contributed by atoms with Crippen LogP contribution in [0.15, 0.2) is 24.3 Å². The van der Waals surface area contributed by atoms with Gasteiger partial charge in [0.1, 0.15) is 0 Å². The third-order valence-electron chi connectivity index (χ3n) is 7.07. The number of likely N-dealkylation sites (tertiary alicyclic amines) is 1. The SMILES string of the molecule is CS(=O)(=O)C1(C(=O)N2CCCC3(CCCc4ccccc43)C2)CCNCC1. The number of rotatable bonds is 2. The van der Waals surface area contributed by atoms with Gasteiger partial charge in [0.25, 0.3) is 0 Å². The lowest BCUT2D eigenvalue weighted by atomic mass is 9.65. The molecule has 1 aromatic rings. The molecule has 2 saturated heterocycles. The summed E-state index contributed by atoms with van der Waals surface area (Å²) in [4.78, 5) is 15.5. The Morgan fingerprint density at radius 1 is 1.07 bits per heavy atom. The number of carbonyl (C=O) groups excluding carboxylic acids is 1. The first kappa shape index (κ1) is 18.9. The fourth-order valence-electron chi connectivity index (χ4n) is 5.60. The number of fused-ring (bicyclic) bond motifs is 2. The van der Waals surface area contributed by atoms with E-state index in [4.69, 9.17) is 0 Å². The molecule has 1 N–H and O–H groups in total. The zero-order valence-electron chi connectivity index (χ0n) is 16.2. The highest BCUT2D eigenvalue weighted by atomic mass is 32.2. The van der Waals surface area contributed by atoms with E-state index in [1.165, 1.54) is 17.4 Å². The summed E-state index contributed by atoms with van der Waals surface area (Å²) in [7, 11) is -3.47. The number of benzene rings is 1. The second kappa shape index (κ2) is 6.89. The van der Waals surface area contributed by atoms with Crippen LogP contribution in [0.1, 0.15) is 49.7 Å². The number of aryl methyl sites for hydroxylation is 1. The van der Waals surface area contributed by atoms with Crippen LogP contribution >= 0.6 is 0 Å². The number of hydrogen-bond donors (Lipinski definition) is 1. The summed E-state index contributed by atoms with van der Waals surface area (Å²) < 4.78 is 24.1. The van der Waals surface area contributed by atoms with Crippen molar-refractivity contribution in [3.05, 3.63) is 35.4 Å². The summed E-state index contributed by atoms with van der Waals surface area (Å²) in [6.45, 7) is 2.50. The standard InChI is InChI=1S/C21H30N2O3S/c1-27(25,26)21(11-13-22-14-12-21)19(24)23-15-5-10-20(16-23)9-4-7-17-6-2-3-8-18(17)20/h2-3,6,8,22H,4-5,7,9-16H2,1H3. The monoisotopic (exact) mass is 390 g/mol. The highest BCUT2D eigenvalue weighted by molar-refractivity contribution is 7.92. The minimum absolute atomic E-state index is 0.00559. The number of amides is 1. The topological polar surface area (TPSA) is 66.5 Å². The first-order chi connectivity index (χ1) is 12.9. The van der Waals surface area contributed by atoms with Crippen LogP contribution in [0.5, 0.6) is 0 Å². The first-order valence-electron chi connectivity index (χ1n) is 10.2. The van der Waals surface area contributed by atoms with E-state index >= 15 is 0 Å². The van der Waals surface area contributed by atoms with Crippen LogP contribution in [0.3, 0.4) is 0 Å². The minimum Gasteiger partial charge on any atom is -0.340 e. The summed E-state index contributed by atoms with van der Waals surface area (Å²) in [6.07, 6.45) is 7.35. The van der Waals surface area contributed by atoms with Gasteiger partial charge in [-0.25, -0.2) is 8.42 Å². The maximum atomic E-state index is 13.6. The van der Waals surface area contributed by atoms with Crippen LogP contribution in [0, 0.1) is 0 Å². The second-order valence-electron chi connectivity index (χ2n) is 8.64. The molecule has 1 aliphatic carbocycles. The Bertz CT molecular complexity index is 830. The van der Waals surface area contributed by atoms with Crippen LogP contribution in [-0.4, -0.2) is 56.4 Å². The molecule has 148 valence electrons. The quantitative estimate of drug-likeness (QED) is 0.839. The van der Waals surface area contributed by atoms with Gasteiger partial charge >= 0.3 is 0 Å². The fourth-order valence-corrected chi connectivity index (χ4v) is 6.99. The van der Waals surface area contributed by atoms with Gasteiger partial charge in [0.2, 0.25) is 5.91 Å². The van der Waals surface area contributed by atoms with E-state index in [1.807, 2.05) is 4.90 Å². The molecule has 4 rings (SSSR count). The Hall–Kier alpha value is -1.40. The molecule has 1 aromatic carbocycles. The van der Waals surface area contributed by atoms with E-state index in [0.717, 1.165) is 32.1 Å². The number of piperidine rings is 2. The molecule has 1 spiro atoms. The predicted octanol–water partition coefficient (Wildman–Crippen LogP) is 2.05. The smallest absolute Gasteiger partial charge is 0.244 e. The van der Waals surface area contributed by atoms with Gasteiger partial charge in [-0.15, -0.1) is 0 Å². The summed E-state index contributed by atoms with van der Waals surface area (Å²) in [6, 6.07) is 8.62. The van der Waals surface area contributed by atoms with Crippen molar-refractivity contribution in [1.82, 2.24) is 10.2 Å². The third kappa shape index (κ3) is 3.11. The van der Waals surface area contributed by atoms with Gasteiger partial charge in [0.05, 0.1) is 0 Å². The van der Waals surface area contributed by atoms with Crippen molar-refractivity contribution in [1.29, 1.82) is 0 Å². The van der Waals surface area contributed by atoms with E-state index in [1.54, 1.807) is 0 Å². The van der Waals surface area contributed by atoms with Crippen molar-refractivity contribution in [2.24, 2.45) is 0 Å². The zero-order valence-corrected chi connectivity index (χ0v) is 17.0. The molecular formula is C21H30N2O3S. The molecule has 3 aliphatic rings. The van der Waals surface area contributed by atoms with Crippen LogP contribution in [0.25, 0.3) is 0 Å². The highest BCUT2D eigenvalue weighted by Gasteiger charge is 2.52. The maximum Gasteiger partial charge on any atom is 0.244 e. The molecule has 2 fully saturated rings. The molecule has 2 aliphatic heterocycles. The lowest BCUT2D eigenvalue weighted by Gasteiger charge is -2.48. The number of nitrogens with one attached hydrogen (secondary N) is 1. The normalized spacial score (nSPS) is 28.0. The Balaban J connectivity index is 1.67. The second-order valence-corrected chi connectivity index (χ2v) is 11.0. The Morgan fingerprint density at radius 2 is 1.78 bits per heavy atom. The molecule has 0 radical (unpaired) electrons. The number of carbonyl (C=O) groups is 1. The van der Waals surface area contributed by atoms with Gasteiger partial charge < -0.3 is 10.2 Å². The molecular weight excluding hydrogens is 360 g/mol. The molecule has 1 unspecified atom stereocenters. The van der Waals surface area contributed by atoms with Crippen molar-refractivity contribution in [3.8, 4) is 0 Å². The van der Waals surface area contributed by atoms with E-state index in [9.17, 15) is 13.2 Å². The van der Waals surface area contributed by atoms with Crippen molar-refractivity contribution in [2.45, 2.75) is 55.1 Å². The molecule has 2 heterocycles. The van der Waals surface area contributed by atoms with Gasteiger partial charge in [-0.3, -0.25) is 4.79 Å². The molecule has 1 atom stereocenters. The third-order valence-corrected chi connectivity index (χ3v) is 9.07. The number of hydrogen-bond acceptors (Lipinski definition) is 4. The molecule has 5 nitrogen and oxygen atoms in total. The van der Waals surface area contributed by atoms with Crippen molar-refractivity contribution in [3.63, 3.8) is 0 Å². The molecule has 0 saturated carbocycles. The van der Waals surface area contributed by atoms with Crippen LogP contribution < -0.4 is 5.32 Å². The maximum absolute atomic E-state index is 13.6. The van der Waals surface area contributed by atoms with Gasteiger partial charge in [-0.2, -0.15) is 0 Å². The average Bonchev–Trinajstić information content (AvgIpc) is 2.68. The van der Waals surface area contributed by atoms with Gasteiger partial charge in [-0.05, 0) is 69.2 Å². The Kier molecular flexibility index (Phi) is 4.83. The lowest BCUT2D eigenvalue weighted by molar-refractivity contribution is -0.137. The number of nitrogens with zero attached hydrogens (tertiary/aromatic N) is 1. The lowest BCUT2D eigenvalue weighted by Crippen LogP contribution is -2.61. The number of sulfone groups is 1. The average molecular weight is 391 g/mol. The highest BCUT2D eigenvalue weighted by Crippen LogP contribution is 2.44. The predicted molar refractivity (Wildman–Crippen MR) is 107 cm³/mol. The molecule has 0 aromatic heterocycles. The van der Waals surface area contributed by atoms with E-state index < -0.39 is 14.6 Å². The zero-order chi connectivity index (χ0) is 19.1. The van der Waals surface area contributed by atoms with Gasteiger partial charge in [-0.1, -0.05) is 24.3 Å².